The molecule has 2 unspecified atom stereocenters. The molecule has 0 aliphatic carbocycles. The first-order valence-electron chi connectivity index (χ1n) is 5.37. The van der Waals surface area contributed by atoms with Crippen molar-refractivity contribution in [3.05, 3.63) is 6.10 Å². The molecular weight excluding hydrogens is 180 g/mol. The van der Waals surface area contributed by atoms with Crippen molar-refractivity contribution in [2.75, 3.05) is 26.9 Å². The number of rotatable bonds is 3. The van der Waals surface area contributed by atoms with Gasteiger partial charge in [0.15, 0.2) is 0 Å². The van der Waals surface area contributed by atoms with Gasteiger partial charge < -0.3 is 14.2 Å². The van der Waals surface area contributed by atoms with Crippen molar-refractivity contribution in [1.29, 1.82) is 0 Å². The third kappa shape index (κ3) is 1.58. The van der Waals surface area contributed by atoms with Crippen molar-refractivity contribution in [1.82, 2.24) is 0 Å². The third-order valence-corrected chi connectivity index (χ3v) is 3.52. The summed E-state index contributed by atoms with van der Waals surface area (Å²) >= 11 is 0. The minimum Gasteiger partial charge on any atom is -0.384 e. The highest BCUT2D eigenvalue weighted by Crippen LogP contribution is 2.47. The molecule has 81 valence electrons. The Balaban J connectivity index is 2.11. The molecule has 2 rings (SSSR count). The lowest BCUT2D eigenvalue weighted by Gasteiger charge is -2.35. The zero-order valence-electron chi connectivity index (χ0n) is 9.04. The van der Waals surface area contributed by atoms with Crippen molar-refractivity contribution >= 4 is 0 Å². The van der Waals surface area contributed by atoms with E-state index in [2.05, 4.69) is 6.92 Å². The molecule has 2 aliphatic rings. The van der Waals surface area contributed by atoms with Crippen LogP contribution in [0.1, 0.15) is 26.2 Å². The summed E-state index contributed by atoms with van der Waals surface area (Å²) in [5.74, 6) is 0. The van der Waals surface area contributed by atoms with Gasteiger partial charge in [0.25, 0.3) is 0 Å². The van der Waals surface area contributed by atoms with Crippen LogP contribution in [-0.2, 0) is 14.2 Å². The number of hydrogen-bond acceptors (Lipinski definition) is 3. The van der Waals surface area contributed by atoms with Gasteiger partial charge in [0.05, 0.1) is 18.1 Å². The predicted octanol–water partition coefficient (Wildman–Crippen LogP) is 1.77. The molecule has 0 saturated carbocycles. The van der Waals surface area contributed by atoms with E-state index in [9.17, 15) is 0 Å². The molecule has 2 atom stereocenters. The zero-order valence-corrected chi connectivity index (χ0v) is 9.04. The molecule has 3 nitrogen and oxygen atoms in total. The Labute approximate surface area is 85.7 Å². The number of ether oxygens (including phenoxy) is 3. The molecule has 0 spiro atoms. The summed E-state index contributed by atoms with van der Waals surface area (Å²) in [5, 5.41) is 0. The van der Waals surface area contributed by atoms with Crippen molar-refractivity contribution in [3.8, 4) is 0 Å². The molecule has 2 aliphatic heterocycles. The van der Waals surface area contributed by atoms with Crippen LogP contribution in [-0.4, -0.2) is 33.0 Å². The molecular formula is C11H19O3. The zero-order chi connectivity index (χ0) is 10.0. The molecule has 14 heavy (non-hydrogen) atoms. The molecule has 0 aromatic carbocycles. The van der Waals surface area contributed by atoms with Gasteiger partial charge in [-0.15, -0.1) is 0 Å². The fraction of sp³-hybridized carbons (Fsp3) is 0.909. The summed E-state index contributed by atoms with van der Waals surface area (Å²) in [4.78, 5) is 0. The molecule has 2 heterocycles. The Hall–Kier alpha value is -0.120. The van der Waals surface area contributed by atoms with Gasteiger partial charge in [-0.2, -0.15) is 0 Å². The number of methoxy groups -OCH3 is 1. The highest BCUT2D eigenvalue weighted by Gasteiger charge is 2.50. The van der Waals surface area contributed by atoms with Crippen LogP contribution < -0.4 is 0 Å². The van der Waals surface area contributed by atoms with Gasteiger partial charge in [-0.25, -0.2) is 0 Å². The first-order chi connectivity index (χ1) is 6.79. The van der Waals surface area contributed by atoms with Crippen molar-refractivity contribution < 1.29 is 14.2 Å². The molecule has 0 aromatic rings. The second-order valence-electron chi connectivity index (χ2n) is 4.25. The second kappa shape index (κ2) is 4.17. The van der Waals surface area contributed by atoms with Gasteiger partial charge in [0, 0.05) is 20.3 Å². The van der Waals surface area contributed by atoms with Crippen LogP contribution in [0.4, 0.5) is 0 Å². The van der Waals surface area contributed by atoms with Gasteiger partial charge in [0.1, 0.15) is 6.10 Å². The molecule has 3 heteroatoms. The van der Waals surface area contributed by atoms with Gasteiger partial charge >= 0.3 is 0 Å². The Kier molecular flexibility index (Phi) is 3.10. The maximum atomic E-state index is 5.78. The minimum absolute atomic E-state index is 0.0330. The summed E-state index contributed by atoms with van der Waals surface area (Å²) in [6.45, 7) is 4.50. The van der Waals surface area contributed by atoms with E-state index in [-0.39, 0.29) is 5.41 Å². The van der Waals surface area contributed by atoms with Crippen LogP contribution in [0.3, 0.4) is 0 Å². The van der Waals surface area contributed by atoms with Gasteiger partial charge in [-0.3, -0.25) is 0 Å². The van der Waals surface area contributed by atoms with E-state index in [1.54, 1.807) is 7.11 Å². The topological polar surface area (TPSA) is 27.7 Å². The molecule has 2 saturated heterocycles. The van der Waals surface area contributed by atoms with Gasteiger partial charge in [0.2, 0.25) is 0 Å². The van der Waals surface area contributed by atoms with Crippen LogP contribution in [0.5, 0.6) is 0 Å². The largest absolute Gasteiger partial charge is 0.384 e. The first kappa shape index (κ1) is 10.4. The standard InChI is InChI=1S/C11H19O3/c1-9-11(8-12-2,5-7-13-9)10-4-3-6-14-10/h10H,3-8H2,1-2H3. The summed E-state index contributed by atoms with van der Waals surface area (Å²) < 4.78 is 16.7. The predicted molar refractivity (Wildman–Crippen MR) is 52.8 cm³/mol. The highest BCUT2D eigenvalue weighted by molar-refractivity contribution is 5.07. The summed E-state index contributed by atoms with van der Waals surface area (Å²) in [5.41, 5.74) is 0.0330. The highest BCUT2D eigenvalue weighted by atomic mass is 16.5. The van der Waals surface area contributed by atoms with Crippen LogP contribution in [0.2, 0.25) is 0 Å². The Bertz CT molecular complexity index is 189. The van der Waals surface area contributed by atoms with Crippen molar-refractivity contribution in [3.63, 3.8) is 0 Å². The third-order valence-electron chi connectivity index (χ3n) is 3.52. The quantitative estimate of drug-likeness (QED) is 0.693. The van der Waals surface area contributed by atoms with Crippen LogP contribution in [0.15, 0.2) is 0 Å². The first-order valence-corrected chi connectivity index (χ1v) is 5.37. The monoisotopic (exact) mass is 199 g/mol. The fourth-order valence-electron chi connectivity index (χ4n) is 2.63. The maximum Gasteiger partial charge on any atom is 0.105 e. The normalized spacial score (nSPS) is 39.4. The van der Waals surface area contributed by atoms with Gasteiger partial charge in [-0.1, -0.05) is 0 Å². The fourth-order valence-corrected chi connectivity index (χ4v) is 2.63. The lowest BCUT2D eigenvalue weighted by atomic mass is 9.76. The van der Waals surface area contributed by atoms with E-state index < -0.39 is 0 Å². The molecule has 0 N–H and O–H groups in total. The lowest BCUT2D eigenvalue weighted by molar-refractivity contribution is -0.0438. The Morgan fingerprint density at radius 1 is 1.50 bits per heavy atom. The summed E-state index contributed by atoms with van der Waals surface area (Å²) in [6, 6.07) is 0. The Morgan fingerprint density at radius 2 is 2.36 bits per heavy atom. The van der Waals surface area contributed by atoms with Crippen molar-refractivity contribution in [2.24, 2.45) is 5.41 Å². The number of hydrogen-bond donors (Lipinski definition) is 0. The minimum atomic E-state index is 0.0330. The second-order valence-corrected chi connectivity index (χ2v) is 4.25. The molecule has 0 bridgehead atoms. The lowest BCUT2D eigenvalue weighted by Crippen LogP contribution is -2.40. The molecule has 0 aromatic heterocycles. The van der Waals surface area contributed by atoms with Gasteiger partial charge in [-0.05, 0) is 26.2 Å². The Morgan fingerprint density at radius 3 is 2.86 bits per heavy atom. The maximum absolute atomic E-state index is 5.78. The van der Waals surface area contributed by atoms with Crippen LogP contribution in [0.25, 0.3) is 0 Å². The summed E-state index contributed by atoms with van der Waals surface area (Å²) in [7, 11) is 1.75. The van der Waals surface area contributed by atoms with E-state index in [4.69, 9.17) is 14.2 Å². The molecule has 2 fully saturated rings. The van der Waals surface area contributed by atoms with E-state index in [1.807, 2.05) is 0 Å². The average molecular weight is 199 g/mol. The summed E-state index contributed by atoms with van der Waals surface area (Å²) in [6.07, 6.45) is 4.77. The van der Waals surface area contributed by atoms with E-state index in [1.165, 1.54) is 6.42 Å². The van der Waals surface area contributed by atoms with Crippen LogP contribution in [0, 0.1) is 11.5 Å². The molecule has 1 radical (unpaired) electrons. The average Bonchev–Trinajstić information content (AvgIpc) is 2.77. The smallest absolute Gasteiger partial charge is 0.105 e. The van der Waals surface area contributed by atoms with E-state index >= 15 is 0 Å². The SMILES string of the molecule is COCC1(C2CCCO2)CCO[C]1C. The van der Waals surface area contributed by atoms with Crippen LogP contribution >= 0.6 is 0 Å². The van der Waals surface area contributed by atoms with Crippen molar-refractivity contribution in [2.45, 2.75) is 32.3 Å². The molecule has 0 amide bonds. The van der Waals surface area contributed by atoms with E-state index in [0.29, 0.717) is 6.10 Å². The van der Waals surface area contributed by atoms with E-state index in [0.717, 1.165) is 38.8 Å².